The molecular weight excluding hydrogens is 236 g/mol. The lowest BCUT2D eigenvalue weighted by Gasteiger charge is -2.05. The van der Waals surface area contributed by atoms with Gasteiger partial charge in [0, 0.05) is 18.3 Å². The van der Waals surface area contributed by atoms with E-state index in [2.05, 4.69) is 25.6 Å². The lowest BCUT2D eigenvalue weighted by atomic mass is 10.2. The van der Waals surface area contributed by atoms with E-state index >= 15 is 0 Å². The number of hydrogen-bond donors (Lipinski definition) is 2. The van der Waals surface area contributed by atoms with Gasteiger partial charge in [-0.3, -0.25) is 9.59 Å². The minimum atomic E-state index is -0.413. The first kappa shape index (κ1) is 11.8. The van der Waals surface area contributed by atoms with E-state index in [1.54, 1.807) is 24.3 Å². The van der Waals surface area contributed by atoms with Crippen LogP contribution in [0.2, 0.25) is 0 Å². The van der Waals surface area contributed by atoms with Crippen molar-refractivity contribution < 1.29 is 14.2 Å². The van der Waals surface area contributed by atoms with Crippen molar-refractivity contribution in [2.75, 3.05) is 10.6 Å². The average molecular weight is 246 g/mol. The zero-order valence-corrected chi connectivity index (χ0v) is 9.51. The third-order valence-electron chi connectivity index (χ3n) is 2.06. The van der Waals surface area contributed by atoms with Crippen LogP contribution < -0.4 is 10.6 Å². The monoisotopic (exact) mass is 246 g/mol. The molecule has 0 aliphatic rings. The predicted octanol–water partition coefficient (Wildman–Crippen LogP) is 1.28. The number of carbonyl (C=O) groups excluding carboxylic acids is 2. The topological polar surface area (TPSA) is 97.1 Å². The van der Waals surface area contributed by atoms with Gasteiger partial charge in [-0.2, -0.15) is 0 Å². The fraction of sp³-hybridized carbons (Fsp3) is 0.0909. The highest BCUT2D eigenvalue weighted by molar-refractivity contribution is 6.02. The van der Waals surface area contributed by atoms with Crippen LogP contribution in [-0.2, 0) is 4.79 Å². The molecule has 7 heteroatoms. The molecule has 2 N–H and O–H groups in total. The highest BCUT2D eigenvalue weighted by Crippen LogP contribution is 2.14. The number of amides is 2. The van der Waals surface area contributed by atoms with Gasteiger partial charge in [0.25, 0.3) is 5.91 Å². The maximum absolute atomic E-state index is 11.6. The Labute approximate surface area is 102 Å². The molecular formula is C11H10N4O3. The van der Waals surface area contributed by atoms with Crippen LogP contribution in [0.3, 0.4) is 0 Å². The fourth-order valence-corrected chi connectivity index (χ4v) is 1.30. The second-order valence-corrected chi connectivity index (χ2v) is 3.51. The van der Waals surface area contributed by atoms with Crippen molar-refractivity contribution in [3.8, 4) is 0 Å². The summed E-state index contributed by atoms with van der Waals surface area (Å²) in [7, 11) is 0. The lowest BCUT2D eigenvalue weighted by molar-refractivity contribution is -0.114. The summed E-state index contributed by atoms with van der Waals surface area (Å²) in [6.45, 7) is 1.42. The Morgan fingerprint density at radius 2 is 1.72 bits per heavy atom. The molecule has 0 fully saturated rings. The van der Waals surface area contributed by atoms with Crippen LogP contribution in [0.1, 0.15) is 17.4 Å². The smallest absolute Gasteiger partial charge is 0.279 e. The lowest BCUT2D eigenvalue weighted by Crippen LogP contribution is -2.12. The van der Waals surface area contributed by atoms with Crippen molar-refractivity contribution in [2.45, 2.75) is 6.92 Å². The van der Waals surface area contributed by atoms with Gasteiger partial charge in [0.15, 0.2) is 5.69 Å². The van der Waals surface area contributed by atoms with E-state index in [4.69, 9.17) is 0 Å². The quantitative estimate of drug-likeness (QED) is 0.850. The summed E-state index contributed by atoms with van der Waals surface area (Å²) < 4.78 is 4.33. The molecule has 0 radical (unpaired) electrons. The van der Waals surface area contributed by atoms with E-state index < -0.39 is 5.91 Å². The highest BCUT2D eigenvalue weighted by Gasteiger charge is 2.09. The van der Waals surface area contributed by atoms with Gasteiger partial charge in [-0.1, -0.05) is 5.16 Å². The van der Waals surface area contributed by atoms with Crippen LogP contribution in [0.15, 0.2) is 35.1 Å². The van der Waals surface area contributed by atoms with Gasteiger partial charge < -0.3 is 10.6 Å². The standard InChI is InChI=1S/C11H10N4O3/c1-7(16)13-8-2-4-9(5-3-8)14-11(17)10-6-12-18-15-10/h2-6H,1H3,(H,13,16)(H,14,17). The second-order valence-electron chi connectivity index (χ2n) is 3.51. The molecule has 2 amide bonds. The zero-order valence-electron chi connectivity index (χ0n) is 9.51. The number of nitrogens with one attached hydrogen (secondary N) is 2. The molecule has 1 aromatic heterocycles. The molecule has 0 unspecified atom stereocenters. The van der Waals surface area contributed by atoms with Crippen molar-refractivity contribution >= 4 is 23.2 Å². The minimum Gasteiger partial charge on any atom is -0.326 e. The normalized spacial score (nSPS) is 9.83. The number of rotatable bonds is 3. The van der Waals surface area contributed by atoms with E-state index in [0.717, 1.165) is 0 Å². The molecule has 0 saturated carbocycles. The molecule has 7 nitrogen and oxygen atoms in total. The number of benzene rings is 1. The van der Waals surface area contributed by atoms with Gasteiger partial charge >= 0.3 is 0 Å². The van der Waals surface area contributed by atoms with Gasteiger partial charge in [-0.25, -0.2) is 4.63 Å². The van der Waals surface area contributed by atoms with E-state index in [0.29, 0.717) is 11.4 Å². The van der Waals surface area contributed by atoms with Crippen molar-refractivity contribution in [1.29, 1.82) is 0 Å². The Bertz CT molecular complexity index is 548. The number of aromatic nitrogens is 2. The third-order valence-corrected chi connectivity index (χ3v) is 2.06. The number of anilines is 2. The maximum atomic E-state index is 11.6. The highest BCUT2D eigenvalue weighted by atomic mass is 16.6. The van der Waals surface area contributed by atoms with Crippen molar-refractivity contribution in [2.24, 2.45) is 0 Å². The summed E-state index contributed by atoms with van der Waals surface area (Å²) >= 11 is 0. The first-order chi connectivity index (χ1) is 8.65. The number of nitrogens with zero attached hydrogens (tertiary/aromatic N) is 2. The van der Waals surface area contributed by atoms with Gasteiger partial charge in [-0.05, 0) is 29.4 Å². The summed E-state index contributed by atoms with van der Waals surface area (Å²) in [5, 5.41) is 12.0. The van der Waals surface area contributed by atoms with Crippen molar-refractivity contribution in [1.82, 2.24) is 10.3 Å². The maximum Gasteiger partial charge on any atom is 0.279 e. The molecule has 0 aliphatic heterocycles. The summed E-state index contributed by atoms with van der Waals surface area (Å²) in [5.74, 6) is -0.566. The van der Waals surface area contributed by atoms with Gasteiger partial charge in [0.2, 0.25) is 5.91 Å². The zero-order chi connectivity index (χ0) is 13.0. The Hall–Kier alpha value is -2.70. The van der Waals surface area contributed by atoms with E-state index in [-0.39, 0.29) is 11.6 Å². The molecule has 0 aliphatic carbocycles. The molecule has 1 heterocycles. The Balaban J connectivity index is 2.02. The van der Waals surface area contributed by atoms with Gasteiger partial charge in [0.05, 0.1) is 0 Å². The molecule has 2 aromatic rings. The molecule has 2 rings (SSSR count). The summed E-state index contributed by atoms with van der Waals surface area (Å²) in [6, 6.07) is 6.68. The SMILES string of the molecule is CC(=O)Nc1ccc(NC(=O)c2cnon2)cc1. The third kappa shape index (κ3) is 2.91. The van der Waals surface area contributed by atoms with Crippen LogP contribution >= 0.6 is 0 Å². The number of hydrogen-bond acceptors (Lipinski definition) is 5. The fourth-order valence-electron chi connectivity index (χ4n) is 1.30. The van der Waals surface area contributed by atoms with E-state index in [1.165, 1.54) is 13.1 Å². The molecule has 92 valence electrons. The Kier molecular flexibility index (Phi) is 3.33. The summed E-state index contributed by atoms with van der Waals surface area (Å²) in [5.41, 5.74) is 1.33. The van der Waals surface area contributed by atoms with Crippen molar-refractivity contribution in [3.05, 3.63) is 36.2 Å². The molecule has 1 aromatic carbocycles. The predicted molar refractivity (Wildman–Crippen MR) is 63.0 cm³/mol. The molecule has 0 bridgehead atoms. The molecule has 0 saturated heterocycles. The van der Waals surface area contributed by atoms with Gasteiger partial charge in [-0.15, -0.1) is 0 Å². The molecule has 0 spiro atoms. The van der Waals surface area contributed by atoms with Crippen molar-refractivity contribution in [3.63, 3.8) is 0 Å². The Morgan fingerprint density at radius 3 is 2.22 bits per heavy atom. The summed E-state index contributed by atoms with van der Waals surface area (Å²) in [4.78, 5) is 22.4. The van der Waals surface area contributed by atoms with Crippen LogP contribution in [0.25, 0.3) is 0 Å². The van der Waals surface area contributed by atoms with Crippen LogP contribution in [0.5, 0.6) is 0 Å². The first-order valence-corrected chi connectivity index (χ1v) is 5.12. The van der Waals surface area contributed by atoms with E-state index in [1.807, 2.05) is 0 Å². The number of carbonyl (C=O) groups is 2. The van der Waals surface area contributed by atoms with E-state index in [9.17, 15) is 9.59 Å². The largest absolute Gasteiger partial charge is 0.326 e. The molecule has 0 atom stereocenters. The van der Waals surface area contributed by atoms with Crippen LogP contribution in [0, 0.1) is 0 Å². The van der Waals surface area contributed by atoms with Crippen LogP contribution in [-0.4, -0.2) is 22.1 Å². The first-order valence-electron chi connectivity index (χ1n) is 5.12. The minimum absolute atomic E-state index is 0.0981. The Morgan fingerprint density at radius 1 is 1.11 bits per heavy atom. The van der Waals surface area contributed by atoms with Crippen LogP contribution in [0.4, 0.5) is 11.4 Å². The second kappa shape index (κ2) is 5.09. The average Bonchev–Trinajstić information content (AvgIpc) is 2.84. The summed E-state index contributed by atoms with van der Waals surface area (Å²) in [6.07, 6.45) is 1.22. The van der Waals surface area contributed by atoms with Gasteiger partial charge in [0.1, 0.15) is 6.20 Å². The molecule has 18 heavy (non-hydrogen) atoms.